The highest BCUT2D eigenvalue weighted by atomic mass is 19.1. The van der Waals surface area contributed by atoms with Crippen molar-refractivity contribution in [1.29, 1.82) is 0 Å². The van der Waals surface area contributed by atoms with Crippen molar-refractivity contribution in [3.63, 3.8) is 0 Å². The second-order valence-corrected chi connectivity index (χ2v) is 13.4. The maximum absolute atomic E-state index is 14.0. The van der Waals surface area contributed by atoms with Crippen molar-refractivity contribution in [2.75, 3.05) is 0 Å². The van der Waals surface area contributed by atoms with E-state index in [-0.39, 0.29) is 28.9 Å². The molecule has 6 rings (SSSR count). The van der Waals surface area contributed by atoms with Crippen LogP contribution in [0.15, 0.2) is 24.4 Å². The first-order valence-corrected chi connectivity index (χ1v) is 14.5. The van der Waals surface area contributed by atoms with Crippen molar-refractivity contribution in [1.82, 2.24) is 9.97 Å². The molecule has 4 nitrogen and oxygen atoms in total. The number of fused-ring (bicyclic) bond motifs is 6. The molecule has 36 heavy (non-hydrogen) atoms. The summed E-state index contributed by atoms with van der Waals surface area (Å²) in [7, 11) is 0. The highest BCUT2D eigenvalue weighted by Crippen LogP contribution is 2.68. The molecule has 10 atom stereocenters. The van der Waals surface area contributed by atoms with E-state index in [9.17, 15) is 14.6 Å². The van der Waals surface area contributed by atoms with Gasteiger partial charge in [-0.3, -0.25) is 0 Å². The minimum Gasteiger partial charge on any atom is -0.393 e. The van der Waals surface area contributed by atoms with Crippen LogP contribution in [0.2, 0.25) is 0 Å². The Balaban J connectivity index is 1.18. The molecule has 5 heteroatoms. The van der Waals surface area contributed by atoms with Gasteiger partial charge in [0.15, 0.2) is 0 Å². The first-order valence-electron chi connectivity index (χ1n) is 14.5. The maximum Gasteiger partial charge on any atom is 0.134 e. The lowest BCUT2D eigenvalue weighted by atomic mass is 9.43. The summed E-state index contributed by atoms with van der Waals surface area (Å²) in [5.74, 6) is 4.03. The summed E-state index contributed by atoms with van der Waals surface area (Å²) in [4.78, 5) is 9.10. The zero-order valence-electron chi connectivity index (χ0n) is 22.2. The van der Waals surface area contributed by atoms with Crippen LogP contribution >= 0.6 is 0 Å². The summed E-state index contributed by atoms with van der Waals surface area (Å²) < 4.78 is 14.0. The van der Waals surface area contributed by atoms with Crippen LogP contribution in [0.1, 0.15) is 84.4 Å². The molecule has 0 amide bonds. The zero-order valence-corrected chi connectivity index (χ0v) is 22.2. The van der Waals surface area contributed by atoms with Crippen LogP contribution in [0.4, 0.5) is 4.39 Å². The van der Waals surface area contributed by atoms with E-state index in [1.165, 1.54) is 31.7 Å². The number of aliphatic hydroxyl groups excluding tert-OH is 2. The lowest BCUT2D eigenvalue weighted by Crippen LogP contribution is -2.58. The number of halogens is 1. The number of rotatable bonds is 4. The fraction of sp³-hybridized carbons (Fsp3) is 0.742. The number of aliphatic hydroxyl groups is 2. The predicted molar refractivity (Wildman–Crippen MR) is 140 cm³/mol. The Morgan fingerprint density at radius 3 is 2.72 bits per heavy atom. The molecule has 1 aromatic heterocycles. The quantitative estimate of drug-likeness (QED) is 0.521. The zero-order chi connectivity index (χ0) is 25.2. The molecule has 0 radical (unpaired) electrons. The Morgan fingerprint density at radius 2 is 1.89 bits per heavy atom. The van der Waals surface area contributed by atoms with Crippen molar-refractivity contribution in [2.24, 2.45) is 46.3 Å². The molecule has 2 aromatic rings. The second-order valence-electron chi connectivity index (χ2n) is 13.4. The standard InChI is InChI=1S/C31H43FN2O2/c1-18(7-12-29-33-17-22-26(32)5-4-6-27(22)34-29)23-10-11-24-21-9-8-19-15-20(35)13-14-30(19,2)25(21)16-28(36)31(23,24)3/h4-6,17-21,23-25,28,35-36H,7-16H2,1-3H3/t18-,19-,20-,21+,23-,24+,25?,28+,30+,31-/m1/s1. The Kier molecular flexibility index (Phi) is 6.19. The van der Waals surface area contributed by atoms with Gasteiger partial charge < -0.3 is 10.2 Å². The van der Waals surface area contributed by atoms with E-state index in [4.69, 9.17) is 0 Å². The molecule has 0 saturated heterocycles. The molecular formula is C31H43FN2O2. The van der Waals surface area contributed by atoms with Crippen molar-refractivity contribution < 1.29 is 14.6 Å². The summed E-state index contributed by atoms with van der Waals surface area (Å²) in [6.07, 6.45) is 11.9. The molecule has 196 valence electrons. The van der Waals surface area contributed by atoms with Crippen LogP contribution in [0.25, 0.3) is 10.9 Å². The fourth-order valence-corrected chi connectivity index (χ4v) is 9.90. The van der Waals surface area contributed by atoms with Crippen LogP contribution in [0.5, 0.6) is 0 Å². The molecule has 1 heterocycles. The maximum atomic E-state index is 14.0. The van der Waals surface area contributed by atoms with Crippen LogP contribution in [0.3, 0.4) is 0 Å². The highest BCUT2D eigenvalue weighted by Gasteiger charge is 2.63. The number of nitrogens with zero attached hydrogens (tertiary/aromatic N) is 2. The Bertz CT molecular complexity index is 1120. The van der Waals surface area contributed by atoms with Gasteiger partial charge in [-0.2, -0.15) is 0 Å². The summed E-state index contributed by atoms with van der Waals surface area (Å²) in [5.41, 5.74) is 0.931. The molecule has 0 spiro atoms. The Morgan fingerprint density at radius 1 is 1.06 bits per heavy atom. The molecule has 2 N–H and O–H groups in total. The summed E-state index contributed by atoms with van der Waals surface area (Å²) in [5, 5.41) is 22.6. The lowest BCUT2D eigenvalue weighted by Gasteiger charge is -2.62. The molecule has 0 aliphatic heterocycles. The van der Waals surface area contributed by atoms with E-state index in [1.807, 2.05) is 6.07 Å². The Hall–Kier alpha value is -1.59. The minimum absolute atomic E-state index is 0.0225. The first-order chi connectivity index (χ1) is 17.2. The number of hydrogen-bond acceptors (Lipinski definition) is 4. The third-order valence-corrected chi connectivity index (χ3v) is 11.9. The molecule has 1 aromatic carbocycles. The van der Waals surface area contributed by atoms with E-state index < -0.39 is 0 Å². The summed E-state index contributed by atoms with van der Waals surface area (Å²) >= 11 is 0. The number of benzene rings is 1. The average Bonchev–Trinajstić information content (AvgIpc) is 3.22. The topological polar surface area (TPSA) is 66.2 Å². The normalized spacial score (nSPS) is 43.0. The van der Waals surface area contributed by atoms with Gasteiger partial charge in [-0.25, -0.2) is 14.4 Å². The molecule has 4 aliphatic carbocycles. The van der Waals surface area contributed by atoms with E-state index in [2.05, 4.69) is 30.7 Å². The molecular weight excluding hydrogens is 451 g/mol. The molecule has 4 aliphatic rings. The van der Waals surface area contributed by atoms with Crippen molar-refractivity contribution in [3.05, 3.63) is 36.0 Å². The van der Waals surface area contributed by atoms with Crippen LogP contribution in [-0.4, -0.2) is 32.4 Å². The number of aromatic nitrogens is 2. The van der Waals surface area contributed by atoms with Crippen LogP contribution < -0.4 is 0 Å². The van der Waals surface area contributed by atoms with Crippen molar-refractivity contribution >= 4 is 10.9 Å². The smallest absolute Gasteiger partial charge is 0.134 e. The van der Waals surface area contributed by atoms with Gasteiger partial charge in [0.1, 0.15) is 11.6 Å². The molecule has 1 unspecified atom stereocenters. The largest absolute Gasteiger partial charge is 0.393 e. The van der Waals surface area contributed by atoms with E-state index in [0.29, 0.717) is 46.4 Å². The van der Waals surface area contributed by atoms with Crippen molar-refractivity contribution in [2.45, 2.75) is 97.2 Å². The minimum atomic E-state index is -0.269. The summed E-state index contributed by atoms with van der Waals surface area (Å²) in [6.45, 7) is 7.25. The second kappa shape index (κ2) is 9.01. The monoisotopic (exact) mass is 494 g/mol. The third-order valence-electron chi connectivity index (χ3n) is 11.9. The Labute approximate surface area is 215 Å². The summed E-state index contributed by atoms with van der Waals surface area (Å²) in [6, 6.07) is 5.01. The average molecular weight is 495 g/mol. The van der Waals surface area contributed by atoms with Gasteiger partial charge >= 0.3 is 0 Å². The van der Waals surface area contributed by atoms with Crippen LogP contribution in [0, 0.1) is 52.2 Å². The highest BCUT2D eigenvalue weighted by molar-refractivity contribution is 5.78. The van der Waals surface area contributed by atoms with Gasteiger partial charge in [0.05, 0.1) is 23.1 Å². The van der Waals surface area contributed by atoms with Gasteiger partial charge in [-0.05, 0) is 116 Å². The van der Waals surface area contributed by atoms with E-state index in [1.54, 1.807) is 12.3 Å². The molecule has 4 fully saturated rings. The van der Waals surface area contributed by atoms with Gasteiger partial charge in [-0.15, -0.1) is 0 Å². The number of aryl methyl sites for hydroxylation is 1. The third kappa shape index (κ3) is 3.74. The predicted octanol–water partition coefficient (Wildman–Crippen LogP) is 6.33. The van der Waals surface area contributed by atoms with Crippen molar-refractivity contribution in [3.8, 4) is 0 Å². The molecule has 4 saturated carbocycles. The van der Waals surface area contributed by atoms with Gasteiger partial charge in [0.25, 0.3) is 0 Å². The molecule has 0 bridgehead atoms. The first kappa shape index (κ1) is 24.7. The fourth-order valence-electron chi connectivity index (χ4n) is 9.90. The number of hydrogen-bond donors (Lipinski definition) is 2. The van der Waals surface area contributed by atoms with E-state index in [0.717, 1.165) is 44.3 Å². The van der Waals surface area contributed by atoms with Gasteiger partial charge in [0, 0.05) is 12.6 Å². The van der Waals surface area contributed by atoms with E-state index >= 15 is 0 Å². The lowest BCUT2D eigenvalue weighted by molar-refractivity contribution is -0.174. The SMILES string of the molecule is C[C@H](CCc1ncc2c(F)cccc2n1)[C@H]1CC[C@H]2[C@@H]3CC[C@@H]4C[C@H](O)CC[C@]4(C)C3C[C@H](O)[C@]12C. The van der Waals surface area contributed by atoms with Gasteiger partial charge in [0.2, 0.25) is 0 Å². The van der Waals surface area contributed by atoms with Gasteiger partial charge in [-0.1, -0.05) is 26.8 Å². The van der Waals surface area contributed by atoms with Crippen LogP contribution in [-0.2, 0) is 6.42 Å².